The van der Waals surface area contributed by atoms with E-state index in [1.807, 2.05) is 12.1 Å². The highest BCUT2D eigenvalue weighted by Crippen LogP contribution is 2.20. The van der Waals surface area contributed by atoms with Gasteiger partial charge < -0.3 is 21.0 Å². The predicted molar refractivity (Wildman–Crippen MR) is 85.1 cm³/mol. The first-order valence-corrected chi connectivity index (χ1v) is 7.47. The van der Waals surface area contributed by atoms with Crippen LogP contribution < -0.4 is 15.8 Å². The zero-order valence-corrected chi connectivity index (χ0v) is 12.9. The summed E-state index contributed by atoms with van der Waals surface area (Å²) in [7, 11) is 1.63. The zero-order chi connectivity index (χ0) is 15.2. The topological polar surface area (TPSA) is 79.9 Å². The number of oxime groups is 1. The minimum Gasteiger partial charge on any atom is -0.496 e. The number of ether oxygens (including phenoxy) is 1. The maximum atomic E-state index is 8.75. The maximum Gasteiger partial charge on any atom is 0.170 e. The van der Waals surface area contributed by atoms with Crippen molar-refractivity contribution in [3.05, 3.63) is 51.2 Å². The Labute approximate surface area is 128 Å². The number of hydrogen-bond acceptors (Lipinski definition) is 5. The first-order chi connectivity index (χ1) is 10.2. The van der Waals surface area contributed by atoms with E-state index in [0.717, 1.165) is 17.9 Å². The standard InChI is InChI=1S/C15H19N3O2S/c1-10-8-21-9-13(10)7-17-6-12-5-11(15(16)18-19)3-4-14(12)20-2/h3-5,8-9,17,19H,6-7H2,1-2H3,(H2,16,18). The van der Waals surface area contributed by atoms with Gasteiger partial charge in [-0.3, -0.25) is 0 Å². The van der Waals surface area contributed by atoms with Gasteiger partial charge in [0, 0.05) is 24.2 Å². The number of nitrogens with zero attached hydrogens (tertiary/aromatic N) is 1. The summed E-state index contributed by atoms with van der Waals surface area (Å²) in [5.41, 5.74) is 9.85. The van der Waals surface area contributed by atoms with Crippen LogP contribution in [0.15, 0.2) is 34.1 Å². The Morgan fingerprint density at radius 2 is 2.10 bits per heavy atom. The summed E-state index contributed by atoms with van der Waals surface area (Å²) in [5.74, 6) is 0.867. The van der Waals surface area contributed by atoms with E-state index >= 15 is 0 Å². The number of hydrogen-bond donors (Lipinski definition) is 3. The fourth-order valence-corrected chi connectivity index (χ4v) is 2.89. The molecular weight excluding hydrogens is 286 g/mol. The van der Waals surface area contributed by atoms with E-state index in [4.69, 9.17) is 15.7 Å². The smallest absolute Gasteiger partial charge is 0.170 e. The lowest BCUT2D eigenvalue weighted by molar-refractivity contribution is 0.318. The highest BCUT2D eigenvalue weighted by atomic mass is 32.1. The van der Waals surface area contributed by atoms with Crippen LogP contribution in [-0.2, 0) is 13.1 Å². The second kappa shape index (κ2) is 7.10. The minimum absolute atomic E-state index is 0.0904. The lowest BCUT2D eigenvalue weighted by Gasteiger charge is -2.11. The highest BCUT2D eigenvalue weighted by Gasteiger charge is 2.07. The molecule has 2 aromatic rings. The summed E-state index contributed by atoms with van der Waals surface area (Å²) in [5, 5.41) is 19.4. The number of methoxy groups -OCH3 is 1. The number of benzene rings is 1. The first-order valence-electron chi connectivity index (χ1n) is 6.53. The molecule has 112 valence electrons. The van der Waals surface area contributed by atoms with Crippen LogP contribution >= 0.6 is 11.3 Å². The van der Waals surface area contributed by atoms with Crippen molar-refractivity contribution in [1.29, 1.82) is 0 Å². The van der Waals surface area contributed by atoms with Gasteiger partial charge in [0.25, 0.3) is 0 Å². The SMILES string of the molecule is COc1ccc(/C(N)=N/O)cc1CNCc1cscc1C. The molecule has 6 heteroatoms. The Bertz CT molecular complexity index is 638. The van der Waals surface area contributed by atoms with E-state index in [9.17, 15) is 0 Å². The van der Waals surface area contributed by atoms with Crippen LogP contribution in [0.5, 0.6) is 5.75 Å². The molecule has 4 N–H and O–H groups in total. The Kier molecular flexibility index (Phi) is 5.19. The van der Waals surface area contributed by atoms with Gasteiger partial charge in [-0.05, 0) is 47.0 Å². The Balaban J connectivity index is 2.09. The van der Waals surface area contributed by atoms with E-state index in [-0.39, 0.29) is 5.84 Å². The average molecular weight is 305 g/mol. The normalized spacial score (nSPS) is 11.6. The van der Waals surface area contributed by atoms with Crippen LogP contribution in [0.1, 0.15) is 22.3 Å². The average Bonchev–Trinajstić information content (AvgIpc) is 2.91. The number of thiophene rings is 1. The van der Waals surface area contributed by atoms with Crippen molar-refractivity contribution >= 4 is 17.2 Å². The van der Waals surface area contributed by atoms with Crippen LogP contribution in [0.2, 0.25) is 0 Å². The number of nitrogens with one attached hydrogen (secondary N) is 1. The molecule has 0 spiro atoms. The summed E-state index contributed by atoms with van der Waals surface area (Å²) in [6, 6.07) is 5.45. The summed E-state index contributed by atoms with van der Waals surface area (Å²) < 4.78 is 5.34. The zero-order valence-electron chi connectivity index (χ0n) is 12.1. The van der Waals surface area contributed by atoms with Gasteiger partial charge in [-0.15, -0.1) is 0 Å². The van der Waals surface area contributed by atoms with E-state index in [2.05, 4.69) is 28.2 Å². The number of rotatable bonds is 6. The molecule has 0 aliphatic carbocycles. The molecule has 0 atom stereocenters. The van der Waals surface area contributed by atoms with Gasteiger partial charge in [0.05, 0.1) is 7.11 Å². The fourth-order valence-electron chi connectivity index (χ4n) is 2.03. The van der Waals surface area contributed by atoms with Gasteiger partial charge in [-0.1, -0.05) is 5.16 Å². The second-order valence-corrected chi connectivity index (χ2v) is 5.44. The van der Waals surface area contributed by atoms with Crippen molar-refractivity contribution < 1.29 is 9.94 Å². The molecule has 0 unspecified atom stereocenters. The third-order valence-corrected chi connectivity index (χ3v) is 4.19. The Hall–Kier alpha value is -2.05. The van der Waals surface area contributed by atoms with Crippen LogP contribution in [0.25, 0.3) is 0 Å². The van der Waals surface area contributed by atoms with E-state index in [1.165, 1.54) is 11.1 Å². The predicted octanol–water partition coefficient (Wildman–Crippen LogP) is 2.45. The Morgan fingerprint density at radius 3 is 2.71 bits per heavy atom. The van der Waals surface area contributed by atoms with Crippen LogP contribution in [0.3, 0.4) is 0 Å². The molecule has 0 fully saturated rings. The molecule has 2 rings (SSSR count). The van der Waals surface area contributed by atoms with Crippen molar-refractivity contribution in [2.24, 2.45) is 10.9 Å². The first kappa shape index (κ1) is 15.3. The number of amidine groups is 1. The van der Waals surface area contributed by atoms with Crippen LogP contribution in [0, 0.1) is 6.92 Å². The monoisotopic (exact) mass is 305 g/mol. The molecule has 1 heterocycles. The summed E-state index contributed by atoms with van der Waals surface area (Å²) in [6.07, 6.45) is 0. The fraction of sp³-hybridized carbons (Fsp3) is 0.267. The molecule has 0 amide bonds. The highest BCUT2D eigenvalue weighted by molar-refractivity contribution is 7.08. The van der Waals surface area contributed by atoms with Gasteiger partial charge in [-0.25, -0.2) is 0 Å². The number of nitrogens with two attached hydrogens (primary N) is 1. The molecule has 0 saturated carbocycles. The molecule has 21 heavy (non-hydrogen) atoms. The largest absolute Gasteiger partial charge is 0.496 e. The lowest BCUT2D eigenvalue weighted by atomic mass is 10.1. The van der Waals surface area contributed by atoms with Gasteiger partial charge in [0.1, 0.15) is 5.75 Å². The summed E-state index contributed by atoms with van der Waals surface area (Å²) in [6.45, 7) is 3.55. The van der Waals surface area contributed by atoms with Crippen molar-refractivity contribution in [1.82, 2.24) is 5.32 Å². The van der Waals surface area contributed by atoms with Crippen molar-refractivity contribution in [2.75, 3.05) is 7.11 Å². The van der Waals surface area contributed by atoms with Crippen molar-refractivity contribution in [2.45, 2.75) is 20.0 Å². The maximum absolute atomic E-state index is 8.75. The third-order valence-electron chi connectivity index (χ3n) is 3.28. The Morgan fingerprint density at radius 1 is 1.33 bits per heavy atom. The molecular formula is C15H19N3O2S. The quantitative estimate of drug-likeness (QED) is 0.331. The minimum atomic E-state index is 0.0904. The van der Waals surface area contributed by atoms with Gasteiger partial charge in [0.15, 0.2) is 5.84 Å². The molecule has 0 bridgehead atoms. The number of aryl methyl sites for hydroxylation is 1. The molecule has 1 aromatic carbocycles. The van der Waals surface area contributed by atoms with Crippen molar-refractivity contribution in [3.63, 3.8) is 0 Å². The van der Waals surface area contributed by atoms with Gasteiger partial charge >= 0.3 is 0 Å². The van der Waals surface area contributed by atoms with E-state index in [0.29, 0.717) is 12.1 Å². The van der Waals surface area contributed by atoms with Gasteiger partial charge in [0.2, 0.25) is 0 Å². The third kappa shape index (κ3) is 3.74. The van der Waals surface area contributed by atoms with Crippen molar-refractivity contribution in [3.8, 4) is 5.75 Å². The lowest BCUT2D eigenvalue weighted by Crippen LogP contribution is -2.16. The molecule has 0 radical (unpaired) electrons. The molecule has 1 aromatic heterocycles. The molecule has 0 aliphatic rings. The summed E-state index contributed by atoms with van der Waals surface area (Å²) in [4.78, 5) is 0. The summed E-state index contributed by atoms with van der Waals surface area (Å²) >= 11 is 1.70. The van der Waals surface area contributed by atoms with Crippen LogP contribution in [-0.4, -0.2) is 18.2 Å². The van der Waals surface area contributed by atoms with Crippen LogP contribution in [0.4, 0.5) is 0 Å². The van der Waals surface area contributed by atoms with E-state index in [1.54, 1.807) is 24.5 Å². The van der Waals surface area contributed by atoms with E-state index < -0.39 is 0 Å². The molecule has 5 nitrogen and oxygen atoms in total. The van der Waals surface area contributed by atoms with Gasteiger partial charge in [-0.2, -0.15) is 11.3 Å². The second-order valence-electron chi connectivity index (χ2n) is 4.70. The molecule has 0 saturated heterocycles. The molecule has 0 aliphatic heterocycles.